The monoisotopic (exact) mass is 321 g/mol. The van der Waals surface area contributed by atoms with E-state index in [1.165, 1.54) is 11.1 Å². The molecule has 0 fully saturated rings. The van der Waals surface area contributed by atoms with E-state index < -0.39 is 0 Å². The first kappa shape index (κ1) is 14.3. The van der Waals surface area contributed by atoms with Crippen molar-refractivity contribution in [3.05, 3.63) is 35.2 Å². The van der Waals surface area contributed by atoms with Gasteiger partial charge in [0.05, 0.1) is 5.33 Å². The van der Waals surface area contributed by atoms with Crippen LogP contribution in [-0.4, -0.2) is 14.8 Å². The SMILES string of the molecule is Cc1cc(C)cc(-c2nnc(CBr)n2C(C)(C)C)c1. The smallest absolute Gasteiger partial charge is 0.164 e. The van der Waals surface area contributed by atoms with Crippen LogP contribution < -0.4 is 0 Å². The topological polar surface area (TPSA) is 30.7 Å². The number of alkyl halides is 1. The van der Waals surface area contributed by atoms with Gasteiger partial charge in [0.25, 0.3) is 0 Å². The number of aromatic nitrogens is 3. The van der Waals surface area contributed by atoms with E-state index in [2.05, 4.69) is 83.5 Å². The van der Waals surface area contributed by atoms with Crippen molar-refractivity contribution in [3.8, 4) is 11.4 Å². The Hall–Kier alpha value is -1.16. The molecule has 0 atom stereocenters. The highest BCUT2D eigenvalue weighted by molar-refractivity contribution is 9.08. The molecule has 0 saturated carbocycles. The van der Waals surface area contributed by atoms with Crippen molar-refractivity contribution < 1.29 is 0 Å². The molecule has 2 rings (SSSR count). The Morgan fingerprint density at radius 1 is 1.05 bits per heavy atom. The number of nitrogens with zero attached hydrogens (tertiary/aromatic N) is 3. The van der Waals surface area contributed by atoms with Crippen molar-refractivity contribution in [3.63, 3.8) is 0 Å². The fraction of sp³-hybridized carbons (Fsp3) is 0.467. The number of hydrogen-bond acceptors (Lipinski definition) is 2. The van der Waals surface area contributed by atoms with Gasteiger partial charge in [-0.25, -0.2) is 0 Å². The Balaban J connectivity index is 2.66. The second-order valence-corrected chi connectivity index (χ2v) is 6.52. The zero-order valence-corrected chi connectivity index (χ0v) is 13.7. The maximum absolute atomic E-state index is 4.39. The van der Waals surface area contributed by atoms with Crippen LogP contribution in [0.3, 0.4) is 0 Å². The predicted molar refractivity (Wildman–Crippen MR) is 82.6 cm³/mol. The molecule has 102 valence electrons. The van der Waals surface area contributed by atoms with E-state index in [9.17, 15) is 0 Å². The summed E-state index contributed by atoms with van der Waals surface area (Å²) in [6.07, 6.45) is 0. The van der Waals surface area contributed by atoms with Crippen LogP contribution in [-0.2, 0) is 10.9 Å². The molecular weight excluding hydrogens is 302 g/mol. The van der Waals surface area contributed by atoms with Crippen LogP contribution in [0, 0.1) is 13.8 Å². The largest absolute Gasteiger partial charge is 0.305 e. The molecule has 2 aromatic rings. The zero-order chi connectivity index (χ0) is 14.2. The van der Waals surface area contributed by atoms with E-state index in [0.29, 0.717) is 5.33 Å². The molecule has 4 heteroatoms. The van der Waals surface area contributed by atoms with Crippen LogP contribution in [0.4, 0.5) is 0 Å². The lowest BCUT2D eigenvalue weighted by molar-refractivity contribution is 0.391. The Morgan fingerprint density at radius 2 is 1.63 bits per heavy atom. The van der Waals surface area contributed by atoms with Crippen molar-refractivity contribution in [2.75, 3.05) is 0 Å². The van der Waals surface area contributed by atoms with E-state index in [1.807, 2.05) is 0 Å². The number of aryl methyl sites for hydroxylation is 2. The highest BCUT2D eigenvalue weighted by Crippen LogP contribution is 2.28. The van der Waals surface area contributed by atoms with E-state index in [4.69, 9.17) is 0 Å². The lowest BCUT2D eigenvalue weighted by atomic mass is 10.0. The van der Waals surface area contributed by atoms with Gasteiger partial charge in [-0.1, -0.05) is 33.1 Å². The van der Waals surface area contributed by atoms with Crippen LogP contribution in [0.1, 0.15) is 37.7 Å². The standard InChI is InChI=1S/C15H20BrN3/c1-10-6-11(2)8-12(7-10)14-18-17-13(9-16)19(14)15(3,4)5/h6-8H,9H2,1-5H3. The third-order valence-corrected chi connectivity index (χ3v) is 3.50. The molecule has 0 unspecified atom stereocenters. The van der Waals surface area contributed by atoms with Gasteiger partial charge in [-0.2, -0.15) is 0 Å². The highest BCUT2D eigenvalue weighted by Gasteiger charge is 2.23. The van der Waals surface area contributed by atoms with Crippen LogP contribution in [0.15, 0.2) is 18.2 Å². The minimum atomic E-state index is -0.0421. The average Bonchev–Trinajstić information content (AvgIpc) is 2.70. The van der Waals surface area contributed by atoms with Gasteiger partial charge < -0.3 is 4.57 Å². The molecule has 1 aromatic heterocycles. The van der Waals surface area contributed by atoms with Gasteiger partial charge >= 0.3 is 0 Å². The highest BCUT2D eigenvalue weighted by atomic mass is 79.9. The van der Waals surface area contributed by atoms with E-state index >= 15 is 0 Å². The average molecular weight is 322 g/mol. The first-order valence-electron chi connectivity index (χ1n) is 6.42. The summed E-state index contributed by atoms with van der Waals surface area (Å²) in [5.74, 6) is 1.90. The predicted octanol–water partition coefficient (Wildman–Crippen LogP) is 4.21. The molecule has 0 aliphatic heterocycles. The molecule has 0 radical (unpaired) electrons. The third kappa shape index (κ3) is 2.89. The molecule has 1 heterocycles. The minimum Gasteiger partial charge on any atom is -0.305 e. The van der Waals surface area contributed by atoms with Crippen LogP contribution in [0.5, 0.6) is 0 Å². The molecular formula is C15H20BrN3. The summed E-state index contributed by atoms with van der Waals surface area (Å²) in [5.41, 5.74) is 3.59. The molecule has 0 aliphatic carbocycles. The third-order valence-electron chi connectivity index (χ3n) is 3.00. The normalized spacial score (nSPS) is 11.9. The number of rotatable bonds is 2. The van der Waals surface area contributed by atoms with Gasteiger partial charge in [0.1, 0.15) is 5.82 Å². The van der Waals surface area contributed by atoms with E-state index in [0.717, 1.165) is 17.2 Å². The quantitative estimate of drug-likeness (QED) is 0.775. The molecule has 0 amide bonds. The van der Waals surface area contributed by atoms with Crippen molar-refractivity contribution >= 4 is 15.9 Å². The number of halogens is 1. The Bertz CT molecular complexity index is 574. The summed E-state index contributed by atoms with van der Waals surface area (Å²) in [6.45, 7) is 10.7. The van der Waals surface area contributed by atoms with E-state index in [1.54, 1.807) is 0 Å². The van der Waals surface area contributed by atoms with Gasteiger partial charge in [0, 0.05) is 11.1 Å². The summed E-state index contributed by atoms with van der Waals surface area (Å²) >= 11 is 3.49. The molecule has 3 nitrogen and oxygen atoms in total. The van der Waals surface area contributed by atoms with Crippen molar-refractivity contribution in [2.45, 2.75) is 45.5 Å². The summed E-state index contributed by atoms with van der Waals surface area (Å²) in [4.78, 5) is 0. The molecule has 0 saturated heterocycles. The maximum Gasteiger partial charge on any atom is 0.164 e. The first-order chi connectivity index (χ1) is 8.82. The van der Waals surface area contributed by atoms with Crippen LogP contribution in [0.2, 0.25) is 0 Å². The van der Waals surface area contributed by atoms with Gasteiger partial charge in [-0.3, -0.25) is 0 Å². The van der Waals surface area contributed by atoms with E-state index in [-0.39, 0.29) is 5.54 Å². The van der Waals surface area contributed by atoms with Gasteiger partial charge in [-0.15, -0.1) is 10.2 Å². The molecule has 19 heavy (non-hydrogen) atoms. The number of benzene rings is 1. The van der Waals surface area contributed by atoms with Gasteiger partial charge in [0.2, 0.25) is 0 Å². The fourth-order valence-corrected chi connectivity index (χ4v) is 2.76. The Labute approximate surface area is 123 Å². The number of hydrogen-bond donors (Lipinski definition) is 0. The molecule has 1 aromatic carbocycles. The molecule has 0 spiro atoms. The summed E-state index contributed by atoms with van der Waals surface area (Å²) in [6, 6.07) is 6.50. The summed E-state index contributed by atoms with van der Waals surface area (Å²) < 4.78 is 2.20. The lowest BCUT2D eigenvalue weighted by Crippen LogP contribution is -2.24. The van der Waals surface area contributed by atoms with Gasteiger partial charge in [0.15, 0.2) is 5.82 Å². The van der Waals surface area contributed by atoms with Crippen molar-refractivity contribution in [2.24, 2.45) is 0 Å². The second kappa shape index (κ2) is 5.08. The zero-order valence-electron chi connectivity index (χ0n) is 12.2. The van der Waals surface area contributed by atoms with Crippen LogP contribution in [0.25, 0.3) is 11.4 Å². The van der Waals surface area contributed by atoms with Crippen molar-refractivity contribution in [1.82, 2.24) is 14.8 Å². The molecule has 0 bridgehead atoms. The van der Waals surface area contributed by atoms with Crippen molar-refractivity contribution in [1.29, 1.82) is 0 Å². The van der Waals surface area contributed by atoms with Crippen LogP contribution >= 0.6 is 15.9 Å². The minimum absolute atomic E-state index is 0.0421. The first-order valence-corrected chi connectivity index (χ1v) is 7.54. The fourth-order valence-electron chi connectivity index (χ4n) is 2.40. The van der Waals surface area contributed by atoms with Gasteiger partial charge in [-0.05, 0) is 46.8 Å². The second-order valence-electron chi connectivity index (χ2n) is 5.96. The maximum atomic E-state index is 4.39. The molecule has 0 N–H and O–H groups in total. The molecule has 0 aliphatic rings. The Kier molecular flexibility index (Phi) is 3.81. The summed E-state index contributed by atoms with van der Waals surface area (Å²) in [5, 5.41) is 9.40. The summed E-state index contributed by atoms with van der Waals surface area (Å²) in [7, 11) is 0. The Morgan fingerprint density at radius 3 is 2.11 bits per heavy atom. The lowest BCUT2D eigenvalue weighted by Gasteiger charge is -2.24.